The number of nitrogens with one attached hydrogen (secondary N) is 1. The monoisotopic (exact) mass is 381 g/mol. The Hall–Kier alpha value is -1.56. The molecule has 2 N–H and O–H groups in total. The van der Waals surface area contributed by atoms with Crippen molar-refractivity contribution in [1.29, 1.82) is 0 Å². The van der Waals surface area contributed by atoms with Crippen LogP contribution in [-0.2, 0) is 0 Å². The molecule has 0 aromatic rings. The quantitative estimate of drug-likeness (QED) is 0.674. The van der Waals surface area contributed by atoms with Crippen molar-refractivity contribution in [3.8, 4) is 0 Å². The minimum Gasteiger partial charge on any atom is -0.396 e. The van der Waals surface area contributed by atoms with Crippen LogP contribution in [0.2, 0.25) is 0 Å². The number of fused-ring (bicyclic) bond motifs is 1. The van der Waals surface area contributed by atoms with Crippen molar-refractivity contribution in [2.75, 3.05) is 13.2 Å². The first kappa shape index (κ1) is 21.7. The molecule has 1 unspecified atom stereocenters. The Balaban J connectivity index is 2.20. The Morgan fingerprint density at radius 2 is 1.96 bits per heavy atom. The predicted molar refractivity (Wildman–Crippen MR) is 108 cm³/mol. The number of nitrogens with zero attached hydrogens (tertiary/aromatic N) is 2. The van der Waals surface area contributed by atoms with Gasteiger partial charge in [-0.25, -0.2) is 8.78 Å². The van der Waals surface area contributed by atoms with Crippen LogP contribution in [0.5, 0.6) is 0 Å². The van der Waals surface area contributed by atoms with E-state index in [9.17, 15) is 8.78 Å². The molecule has 0 saturated heterocycles. The van der Waals surface area contributed by atoms with E-state index in [1.807, 2.05) is 13.0 Å². The predicted octanol–water partition coefficient (Wildman–Crippen LogP) is 4.66. The standard InChI is InChI=1S/C21H33F2N3O/c1-14-15(2)25-19(26-20(3,4)8-6-10-27)11-16-13-24-17(12-18(14)16)7-9-21(5,22)23/h12,16,27H,6-11,13H2,1-5H3,(H,25,26). The van der Waals surface area contributed by atoms with Crippen LogP contribution < -0.4 is 5.32 Å². The van der Waals surface area contributed by atoms with Crippen LogP contribution in [0.3, 0.4) is 0 Å². The van der Waals surface area contributed by atoms with E-state index >= 15 is 0 Å². The van der Waals surface area contributed by atoms with Gasteiger partial charge in [-0.15, -0.1) is 0 Å². The first-order chi connectivity index (χ1) is 12.5. The lowest BCUT2D eigenvalue weighted by Gasteiger charge is -2.24. The summed E-state index contributed by atoms with van der Waals surface area (Å²) in [7, 11) is 0. The van der Waals surface area contributed by atoms with Crippen LogP contribution in [0.1, 0.15) is 66.7 Å². The fraction of sp³-hybridized carbons (Fsp3) is 0.714. The largest absolute Gasteiger partial charge is 0.396 e. The van der Waals surface area contributed by atoms with Crippen LogP contribution in [0.4, 0.5) is 8.78 Å². The highest BCUT2D eigenvalue weighted by Gasteiger charge is 2.29. The minimum atomic E-state index is -2.66. The molecule has 27 heavy (non-hydrogen) atoms. The third-order valence-electron chi connectivity index (χ3n) is 5.25. The lowest BCUT2D eigenvalue weighted by molar-refractivity contribution is 0.0151. The number of alkyl halides is 2. The molecule has 0 aromatic carbocycles. The Labute approximate surface area is 161 Å². The molecule has 4 nitrogen and oxygen atoms in total. The number of aliphatic hydroxyl groups excluding tert-OH is 1. The van der Waals surface area contributed by atoms with E-state index in [2.05, 4.69) is 31.1 Å². The maximum absolute atomic E-state index is 13.2. The van der Waals surface area contributed by atoms with Gasteiger partial charge in [-0.2, -0.15) is 0 Å². The van der Waals surface area contributed by atoms with Crippen LogP contribution in [0.15, 0.2) is 32.9 Å². The van der Waals surface area contributed by atoms with Crippen LogP contribution >= 0.6 is 0 Å². The van der Waals surface area contributed by atoms with Gasteiger partial charge in [-0.3, -0.25) is 9.98 Å². The van der Waals surface area contributed by atoms with E-state index in [1.54, 1.807) is 0 Å². The molecule has 0 spiro atoms. The van der Waals surface area contributed by atoms with Crippen LogP contribution in [-0.4, -0.2) is 41.3 Å². The van der Waals surface area contributed by atoms with Crippen molar-refractivity contribution >= 4 is 11.5 Å². The second kappa shape index (κ2) is 8.63. The zero-order chi connectivity index (χ0) is 20.2. The summed E-state index contributed by atoms with van der Waals surface area (Å²) in [6.07, 6.45) is 4.42. The molecule has 0 aliphatic carbocycles. The molecule has 2 aliphatic heterocycles. The zero-order valence-corrected chi connectivity index (χ0v) is 17.2. The van der Waals surface area contributed by atoms with E-state index in [1.165, 1.54) is 5.57 Å². The summed E-state index contributed by atoms with van der Waals surface area (Å²) in [5.74, 6) is -1.51. The van der Waals surface area contributed by atoms with Gasteiger partial charge in [0.2, 0.25) is 5.92 Å². The van der Waals surface area contributed by atoms with Crippen molar-refractivity contribution in [3.05, 3.63) is 22.9 Å². The number of halogens is 2. The molecular weight excluding hydrogens is 348 g/mol. The Morgan fingerprint density at radius 1 is 1.26 bits per heavy atom. The van der Waals surface area contributed by atoms with E-state index in [-0.39, 0.29) is 24.5 Å². The number of aliphatic imine (C=N–C) groups is 2. The van der Waals surface area contributed by atoms with E-state index in [0.29, 0.717) is 13.0 Å². The van der Waals surface area contributed by atoms with Gasteiger partial charge in [-0.05, 0) is 71.1 Å². The lowest BCUT2D eigenvalue weighted by atomic mass is 9.86. The van der Waals surface area contributed by atoms with Crippen molar-refractivity contribution in [2.24, 2.45) is 15.9 Å². The zero-order valence-electron chi connectivity index (χ0n) is 17.2. The van der Waals surface area contributed by atoms with Gasteiger partial charge in [0.05, 0.1) is 5.54 Å². The molecule has 2 rings (SSSR count). The molecule has 0 saturated carbocycles. The number of hydrogen-bond acceptors (Lipinski definition) is 3. The van der Waals surface area contributed by atoms with Gasteiger partial charge in [0.25, 0.3) is 0 Å². The number of aliphatic hydroxyl groups is 1. The summed E-state index contributed by atoms with van der Waals surface area (Å²) in [5.41, 5.74) is 3.89. The highest BCUT2D eigenvalue weighted by Crippen LogP contribution is 2.32. The van der Waals surface area contributed by atoms with E-state index < -0.39 is 5.92 Å². The molecule has 152 valence electrons. The topological polar surface area (TPSA) is 57.0 Å². The maximum Gasteiger partial charge on any atom is 0.245 e. The normalized spacial score (nSPS) is 22.8. The summed E-state index contributed by atoms with van der Waals surface area (Å²) in [5, 5.41) is 12.5. The van der Waals surface area contributed by atoms with Gasteiger partial charge < -0.3 is 10.4 Å². The average Bonchev–Trinajstić information content (AvgIpc) is 2.67. The van der Waals surface area contributed by atoms with Crippen molar-refractivity contribution in [1.82, 2.24) is 5.32 Å². The SMILES string of the molecule is CC1=C(C)C2=CC(CCC(C)(F)F)=NCC2CC(=NC(C)(C)CCCO)N1. The molecule has 2 heterocycles. The fourth-order valence-corrected chi connectivity index (χ4v) is 3.57. The third-order valence-corrected chi connectivity index (χ3v) is 5.25. The maximum atomic E-state index is 13.2. The number of hydrogen-bond donors (Lipinski definition) is 2. The highest BCUT2D eigenvalue weighted by atomic mass is 19.3. The first-order valence-corrected chi connectivity index (χ1v) is 9.78. The van der Waals surface area contributed by atoms with Gasteiger partial charge in [0, 0.05) is 43.3 Å². The Bertz CT molecular complexity index is 669. The highest BCUT2D eigenvalue weighted by molar-refractivity contribution is 5.97. The Morgan fingerprint density at radius 3 is 2.59 bits per heavy atom. The van der Waals surface area contributed by atoms with Crippen LogP contribution in [0, 0.1) is 5.92 Å². The third kappa shape index (κ3) is 6.52. The molecule has 0 aromatic heterocycles. The fourth-order valence-electron chi connectivity index (χ4n) is 3.57. The molecule has 2 aliphatic rings. The smallest absolute Gasteiger partial charge is 0.245 e. The summed E-state index contributed by atoms with van der Waals surface area (Å²) in [6, 6.07) is 0. The molecule has 1 atom stereocenters. The first-order valence-electron chi connectivity index (χ1n) is 9.78. The minimum absolute atomic E-state index is 0.170. The summed E-state index contributed by atoms with van der Waals surface area (Å²) < 4.78 is 26.4. The van der Waals surface area contributed by atoms with Crippen molar-refractivity contribution in [3.63, 3.8) is 0 Å². The van der Waals surface area contributed by atoms with Gasteiger partial charge >= 0.3 is 0 Å². The number of amidine groups is 1. The average molecular weight is 382 g/mol. The van der Waals surface area contributed by atoms with Gasteiger partial charge in [0.15, 0.2) is 0 Å². The summed E-state index contributed by atoms with van der Waals surface area (Å²) >= 11 is 0. The summed E-state index contributed by atoms with van der Waals surface area (Å²) in [4.78, 5) is 9.48. The summed E-state index contributed by atoms with van der Waals surface area (Å²) in [6.45, 7) is 9.99. The van der Waals surface area contributed by atoms with E-state index in [0.717, 1.165) is 49.0 Å². The number of dihydropyridines is 1. The van der Waals surface area contributed by atoms with Crippen molar-refractivity contribution < 1.29 is 13.9 Å². The van der Waals surface area contributed by atoms with Gasteiger partial charge in [0.1, 0.15) is 5.84 Å². The Kier molecular flexibility index (Phi) is 6.95. The molecule has 0 bridgehead atoms. The van der Waals surface area contributed by atoms with Crippen LogP contribution in [0.25, 0.3) is 0 Å². The van der Waals surface area contributed by atoms with Crippen molar-refractivity contribution in [2.45, 2.75) is 78.2 Å². The van der Waals surface area contributed by atoms with Gasteiger partial charge in [-0.1, -0.05) is 0 Å². The lowest BCUT2D eigenvalue weighted by Crippen LogP contribution is -2.29. The molecule has 0 fully saturated rings. The number of allylic oxidation sites excluding steroid dienone is 3. The molecule has 0 radical (unpaired) electrons. The molecule has 6 heteroatoms. The second-order valence-electron chi connectivity index (χ2n) is 8.48. The number of rotatable bonds is 7. The van der Waals surface area contributed by atoms with E-state index in [4.69, 9.17) is 10.1 Å². The second-order valence-corrected chi connectivity index (χ2v) is 8.48. The molecular formula is C21H33F2N3O. The molecule has 0 amide bonds.